The number of hydrogen-bond donors (Lipinski definition) is 1. The summed E-state index contributed by atoms with van der Waals surface area (Å²) in [6.45, 7) is 10.6. The second-order valence-electron chi connectivity index (χ2n) is 4.60. The molecule has 17 heavy (non-hydrogen) atoms. The summed E-state index contributed by atoms with van der Waals surface area (Å²) in [4.78, 5) is 14.2. The maximum atomic E-state index is 12.4. The number of furan rings is 1. The lowest BCUT2D eigenvalue weighted by Gasteiger charge is -2.26. The Morgan fingerprint density at radius 1 is 1.29 bits per heavy atom. The molecular formula is C13H22N2O2. The molecule has 1 amide bonds. The Kier molecular flexibility index (Phi) is 4.34. The monoisotopic (exact) mass is 238 g/mol. The first kappa shape index (κ1) is 13.8. The number of carbonyl (C=O) groups is 1. The molecule has 1 rings (SSSR count). The zero-order valence-corrected chi connectivity index (χ0v) is 11.3. The molecule has 0 atom stereocenters. The first-order chi connectivity index (χ1) is 7.90. The number of rotatable bonds is 4. The fourth-order valence-electron chi connectivity index (χ4n) is 1.99. The van der Waals surface area contributed by atoms with Gasteiger partial charge in [-0.15, -0.1) is 0 Å². The number of hydrogen-bond acceptors (Lipinski definition) is 3. The largest absolute Gasteiger partial charge is 0.466 e. The summed E-state index contributed by atoms with van der Waals surface area (Å²) in [6, 6.07) is 0.139. The normalized spacial score (nSPS) is 11.0. The topological polar surface area (TPSA) is 59.5 Å². The molecule has 0 fully saturated rings. The van der Waals surface area contributed by atoms with Gasteiger partial charge in [-0.05, 0) is 34.6 Å². The highest BCUT2D eigenvalue weighted by molar-refractivity contribution is 5.97. The Bertz CT molecular complexity index is 408. The van der Waals surface area contributed by atoms with Crippen molar-refractivity contribution < 1.29 is 9.21 Å². The van der Waals surface area contributed by atoms with Crippen LogP contribution in [0.3, 0.4) is 0 Å². The van der Waals surface area contributed by atoms with Crippen LogP contribution in [0.15, 0.2) is 4.42 Å². The van der Waals surface area contributed by atoms with E-state index in [1.165, 1.54) is 0 Å². The van der Waals surface area contributed by atoms with Crippen molar-refractivity contribution in [2.45, 2.75) is 40.7 Å². The van der Waals surface area contributed by atoms with E-state index in [2.05, 4.69) is 0 Å². The zero-order chi connectivity index (χ0) is 13.2. The van der Waals surface area contributed by atoms with Crippen LogP contribution in [-0.2, 0) is 0 Å². The van der Waals surface area contributed by atoms with Gasteiger partial charge in [-0.1, -0.05) is 0 Å². The van der Waals surface area contributed by atoms with Crippen LogP contribution in [0.4, 0.5) is 0 Å². The summed E-state index contributed by atoms with van der Waals surface area (Å²) in [7, 11) is 0. The number of nitrogens with two attached hydrogens (primary N) is 1. The molecule has 0 unspecified atom stereocenters. The molecule has 96 valence electrons. The Morgan fingerprint density at radius 2 is 1.88 bits per heavy atom. The van der Waals surface area contributed by atoms with Crippen molar-refractivity contribution in [1.82, 2.24) is 4.90 Å². The molecule has 2 N–H and O–H groups in total. The van der Waals surface area contributed by atoms with Crippen LogP contribution in [0.2, 0.25) is 0 Å². The predicted molar refractivity (Wildman–Crippen MR) is 68.1 cm³/mol. The number of carbonyl (C=O) groups excluding carboxylic acids is 1. The van der Waals surface area contributed by atoms with Crippen LogP contribution in [0.25, 0.3) is 0 Å². The van der Waals surface area contributed by atoms with Gasteiger partial charge >= 0.3 is 0 Å². The molecule has 1 heterocycles. The lowest BCUT2D eigenvalue weighted by atomic mass is 10.1. The van der Waals surface area contributed by atoms with Crippen molar-refractivity contribution in [2.24, 2.45) is 5.73 Å². The van der Waals surface area contributed by atoms with Gasteiger partial charge in [-0.3, -0.25) is 4.79 Å². The average molecular weight is 238 g/mol. The van der Waals surface area contributed by atoms with Crippen LogP contribution >= 0.6 is 0 Å². The lowest BCUT2D eigenvalue weighted by Crippen LogP contribution is -2.40. The Balaban J connectivity index is 3.09. The molecule has 0 saturated heterocycles. The van der Waals surface area contributed by atoms with Gasteiger partial charge in [0.15, 0.2) is 0 Å². The summed E-state index contributed by atoms with van der Waals surface area (Å²) < 4.78 is 5.50. The second-order valence-corrected chi connectivity index (χ2v) is 4.60. The summed E-state index contributed by atoms with van der Waals surface area (Å²) in [5.41, 5.74) is 7.16. The molecule has 4 nitrogen and oxygen atoms in total. The van der Waals surface area contributed by atoms with Crippen molar-refractivity contribution >= 4 is 5.91 Å². The van der Waals surface area contributed by atoms with E-state index in [0.29, 0.717) is 24.4 Å². The van der Waals surface area contributed by atoms with Crippen molar-refractivity contribution in [2.75, 3.05) is 13.1 Å². The van der Waals surface area contributed by atoms with E-state index >= 15 is 0 Å². The lowest BCUT2D eigenvalue weighted by molar-refractivity contribution is 0.0709. The molecule has 0 aromatic carbocycles. The third-order valence-electron chi connectivity index (χ3n) is 3.03. The standard InChI is InChI=1S/C13H22N2O2/c1-8(2)15(7-6-14)13(16)12-9(3)10(4)17-11(12)5/h8H,6-7,14H2,1-5H3. The summed E-state index contributed by atoms with van der Waals surface area (Å²) in [6.07, 6.45) is 0. The summed E-state index contributed by atoms with van der Waals surface area (Å²) >= 11 is 0. The third kappa shape index (κ3) is 2.69. The predicted octanol–water partition coefficient (Wildman–Crippen LogP) is 2.01. The maximum absolute atomic E-state index is 12.4. The van der Waals surface area contributed by atoms with Gasteiger partial charge in [0, 0.05) is 24.7 Å². The molecule has 0 radical (unpaired) electrons. The first-order valence-electron chi connectivity index (χ1n) is 5.97. The van der Waals surface area contributed by atoms with Crippen LogP contribution in [0, 0.1) is 20.8 Å². The highest BCUT2D eigenvalue weighted by atomic mass is 16.3. The van der Waals surface area contributed by atoms with Gasteiger partial charge in [0.2, 0.25) is 0 Å². The van der Waals surface area contributed by atoms with E-state index in [-0.39, 0.29) is 11.9 Å². The van der Waals surface area contributed by atoms with Gasteiger partial charge in [-0.2, -0.15) is 0 Å². The number of aryl methyl sites for hydroxylation is 2. The van der Waals surface area contributed by atoms with Crippen LogP contribution in [0.5, 0.6) is 0 Å². The van der Waals surface area contributed by atoms with Crippen molar-refractivity contribution in [3.63, 3.8) is 0 Å². The molecule has 1 aromatic heterocycles. The molecule has 0 bridgehead atoms. The SMILES string of the molecule is Cc1oc(C)c(C(=O)N(CCN)C(C)C)c1C. The molecular weight excluding hydrogens is 216 g/mol. The minimum Gasteiger partial charge on any atom is -0.466 e. The zero-order valence-electron chi connectivity index (χ0n) is 11.3. The Labute approximate surface area is 103 Å². The fourth-order valence-corrected chi connectivity index (χ4v) is 1.99. The number of nitrogens with zero attached hydrogens (tertiary/aromatic N) is 1. The Hall–Kier alpha value is -1.29. The molecule has 0 saturated carbocycles. The minimum atomic E-state index is 0.0114. The van der Waals surface area contributed by atoms with Crippen LogP contribution in [0.1, 0.15) is 41.3 Å². The first-order valence-corrected chi connectivity index (χ1v) is 5.97. The molecule has 0 aliphatic carbocycles. The summed E-state index contributed by atoms with van der Waals surface area (Å²) in [5, 5.41) is 0. The van der Waals surface area contributed by atoms with Gasteiger partial charge in [-0.25, -0.2) is 0 Å². The van der Waals surface area contributed by atoms with Gasteiger partial charge in [0.05, 0.1) is 5.56 Å². The third-order valence-corrected chi connectivity index (χ3v) is 3.03. The molecule has 1 aromatic rings. The van der Waals surface area contributed by atoms with Crippen LogP contribution in [-0.4, -0.2) is 29.9 Å². The van der Waals surface area contributed by atoms with E-state index in [9.17, 15) is 4.79 Å². The molecule has 0 spiro atoms. The highest BCUT2D eigenvalue weighted by Crippen LogP contribution is 2.22. The van der Waals surface area contributed by atoms with Gasteiger partial charge < -0.3 is 15.1 Å². The minimum absolute atomic E-state index is 0.0114. The Morgan fingerprint density at radius 3 is 2.24 bits per heavy atom. The smallest absolute Gasteiger partial charge is 0.257 e. The molecule has 0 aliphatic rings. The van der Waals surface area contributed by atoms with Gasteiger partial charge in [0.25, 0.3) is 5.91 Å². The van der Waals surface area contributed by atoms with E-state index in [1.807, 2.05) is 34.6 Å². The van der Waals surface area contributed by atoms with E-state index in [0.717, 1.165) is 11.3 Å². The van der Waals surface area contributed by atoms with E-state index < -0.39 is 0 Å². The average Bonchev–Trinajstić information content (AvgIpc) is 2.48. The molecule has 0 aliphatic heterocycles. The maximum Gasteiger partial charge on any atom is 0.257 e. The van der Waals surface area contributed by atoms with Gasteiger partial charge in [0.1, 0.15) is 11.5 Å². The van der Waals surface area contributed by atoms with Crippen molar-refractivity contribution in [3.05, 3.63) is 22.6 Å². The molecule has 4 heteroatoms. The number of amides is 1. The second kappa shape index (κ2) is 5.36. The van der Waals surface area contributed by atoms with Crippen LogP contribution < -0.4 is 5.73 Å². The highest BCUT2D eigenvalue weighted by Gasteiger charge is 2.24. The van der Waals surface area contributed by atoms with Crippen molar-refractivity contribution in [3.8, 4) is 0 Å². The van der Waals surface area contributed by atoms with E-state index in [4.69, 9.17) is 10.2 Å². The fraction of sp³-hybridized carbons (Fsp3) is 0.615. The van der Waals surface area contributed by atoms with Crippen molar-refractivity contribution in [1.29, 1.82) is 0 Å². The quantitative estimate of drug-likeness (QED) is 0.873. The van der Waals surface area contributed by atoms with E-state index in [1.54, 1.807) is 4.90 Å². The summed E-state index contributed by atoms with van der Waals surface area (Å²) in [5.74, 6) is 1.51.